The number of carbonyl (C=O) groups is 2. The van der Waals surface area contributed by atoms with Gasteiger partial charge in [0.2, 0.25) is 5.91 Å². The molecule has 0 aliphatic heterocycles. The van der Waals surface area contributed by atoms with Crippen LogP contribution in [-0.2, 0) is 11.6 Å². The van der Waals surface area contributed by atoms with Gasteiger partial charge in [0, 0.05) is 21.4 Å². The van der Waals surface area contributed by atoms with Crippen molar-refractivity contribution in [3.63, 3.8) is 0 Å². The standard InChI is InChI=1S/C26H22F3N3O2S/c27-26(28,29)18-8-11-20(21(12-18)32-35-19-9-6-16(7-10-19)22(30)33)23(34)31-25-13-24(14-25,15-25)17-4-2-1-3-5-17/h1-12,32H,13-15H2,(H2,30,33)(H,31,34). The topological polar surface area (TPSA) is 84.2 Å². The van der Waals surface area contributed by atoms with E-state index in [0.29, 0.717) is 10.5 Å². The molecule has 5 nitrogen and oxygen atoms in total. The number of nitrogens with one attached hydrogen (secondary N) is 2. The van der Waals surface area contributed by atoms with Crippen LogP contribution < -0.4 is 15.8 Å². The fourth-order valence-electron chi connectivity index (χ4n) is 5.13. The summed E-state index contributed by atoms with van der Waals surface area (Å²) in [4.78, 5) is 25.0. The largest absolute Gasteiger partial charge is 0.416 e. The first-order chi connectivity index (χ1) is 16.6. The quantitative estimate of drug-likeness (QED) is 0.375. The van der Waals surface area contributed by atoms with Gasteiger partial charge < -0.3 is 15.8 Å². The van der Waals surface area contributed by atoms with Gasteiger partial charge in [-0.2, -0.15) is 13.2 Å². The third-order valence-corrected chi connectivity index (χ3v) is 7.63. The van der Waals surface area contributed by atoms with E-state index in [4.69, 9.17) is 5.73 Å². The second-order valence-electron chi connectivity index (χ2n) is 9.26. The summed E-state index contributed by atoms with van der Waals surface area (Å²) >= 11 is 1.04. The van der Waals surface area contributed by atoms with Crippen LogP contribution in [-0.4, -0.2) is 17.4 Å². The van der Waals surface area contributed by atoms with Crippen LogP contribution in [0.2, 0.25) is 0 Å². The van der Waals surface area contributed by atoms with Crippen LogP contribution in [0.5, 0.6) is 0 Å². The lowest BCUT2D eigenvalue weighted by atomic mass is 9.37. The third kappa shape index (κ3) is 4.36. The normalized spacial score (nSPS) is 22.5. The van der Waals surface area contributed by atoms with Crippen LogP contribution in [0, 0.1) is 0 Å². The number of amides is 2. The fourth-order valence-corrected chi connectivity index (χ4v) is 5.80. The Labute approximate surface area is 204 Å². The number of rotatable bonds is 7. The van der Waals surface area contributed by atoms with Crippen molar-refractivity contribution in [1.29, 1.82) is 0 Å². The van der Waals surface area contributed by atoms with E-state index in [2.05, 4.69) is 22.2 Å². The van der Waals surface area contributed by atoms with Gasteiger partial charge in [-0.15, -0.1) is 0 Å². The van der Waals surface area contributed by atoms with E-state index in [1.165, 1.54) is 23.8 Å². The van der Waals surface area contributed by atoms with Crippen molar-refractivity contribution < 1.29 is 22.8 Å². The van der Waals surface area contributed by atoms with Crippen molar-refractivity contribution >= 4 is 29.4 Å². The maximum absolute atomic E-state index is 13.3. The van der Waals surface area contributed by atoms with E-state index in [0.717, 1.165) is 43.3 Å². The Hall–Kier alpha value is -3.46. The van der Waals surface area contributed by atoms with Crippen molar-refractivity contribution in [3.8, 4) is 0 Å². The first-order valence-electron chi connectivity index (χ1n) is 11.0. The molecule has 6 rings (SSSR count). The highest BCUT2D eigenvalue weighted by Crippen LogP contribution is 2.67. The highest BCUT2D eigenvalue weighted by Gasteiger charge is 2.68. The predicted molar refractivity (Wildman–Crippen MR) is 128 cm³/mol. The fraction of sp³-hybridized carbons (Fsp3) is 0.231. The second-order valence-corrected chi connectivity index (χ2v) is 10.1. The van der Waals surface area contributed by atoms with E-state index in [1.807, 2.05) is 18.2 Å². The van der Waals surface area contributed by atoms with Crippen LogP contribution in [0.3, 0.4) is 0 Å². The molecule has 35 heavy (non-hydrogen) atoms. The van der Waals surface area contributed by atoms with Crippen LogP contribution in [0.4, 0.5) is 18.9 Å². The summed E-state index contributed by atoms with van der Waals surface area (Å²) in [6.45, 7) is 0. The maximum Gasteiger partial charge on any atom is 0.416 e. The molecule has 2 amide bonds. The van der Waals surface area contributed by atoms with E-state index in [-0.39, 0.29) is 22.2 Å². The van der Waals surface area contributed by atoms with Gasteiger partial charge in [-0.05, 0) is 79.2 Å². The molecule has 0 saturated heterocycles. The van der Waals surface area contributed by atoms with Crippen molar-refractivity contribution in [1.82, 2.24) is 5.32 Å². The summed E-state index contributed by atoms with van der Waals surface area (Å²) in [7, 11) is 0. The number of benzene rings is 3. The number of alkyl halides is 3. The Bertz CT molecular complexity index is 1270. The second kappa shape index (κ2) is 8.34. The zero-order chi connectivity index (χ0) is 24.8. The number of hydrogen-bond acceptors (Lipinski definition) is 4. The highest BCUT2D eigenvalue weighted by atomic mass is 32.2. The average molecular weight is 498 g/mol. The highest BCUT2D eigenvalue weighted by molar-refractivity contribution is 8.00. The van der Waals surface area contributed by atoms with E-state index >= 15 is 0 Å². The minimum Gasteiger partial charge on any atom is -0.366 e. The number of primary amides is 1. The molecular formula is C26H22F3N3O2S. The number of anilines is 1. The predicted octanol–water partition coefficient (Wildman–Crippen LogP) is 5.53. The summed E-state index contributed by atoms with van der Waals surface area (Å²) in [5.41, 5.74) is 5.93. The molecule has 0 unspecified atom stereocenters. The Balaban J connectivity index is 1.32. The molecule has 3 aliphatic carbocycles. The summed E-state index contributed by atoms with van der Waals surface area (Å²) in [6.07, 6.45) is -2.09. The molecule has 9 heteroatoms. The number of carbonyl (C=O) groups excluding carboxylic acids is 2. The molecule has 0 aromatic heterocycles. The zero-order valence-electron chi connectivity index (χ0n) is 18.5. The average Bonchev–Trinajstić information content (AvgIpc) is 2.79. The third-order valence-electron chi connectivity index (χ3n) is 6.80. The number of hydrogen-bond donors (Lipinski definition) is 3. The van der Waals surface area contributed by atoms with Gasteiger partial charge in [0.15, 0.2) is 0 Å². The number of halogens is 3. The SMILES string of the molecule is NC(=O)c1ccc(SNc2cc(C(F)(F)F)ccc2C(=O)NC23CC(c4ccccc4)(C2)C3)cc1. The Morgan fingerprint density at radius 1 is 0.914 bits per heavy atom. The van der Waals surface area contributed by atoms with Crippen molar-refractivity contribution in [3.05, 3.63) is 95.1 Å². The molecule has 180 valence electrons. The maximum atomic E-state index is 13.3. The van der Waals surface area contributed by atoms with E-state index < -0.39 is 23.6 Å². The molecule has 3 aliphatic rings. The van der Waals surface area contributed by atoms with Gasteiger partial charge in [-0.1, -0.05) is 30.3 Å². The molecule has 3 saturated carbocycles. The zero-order valence-corrected chi connectivity index (χ0v) is 19.3. The summed E-state index contributed by atoms with van der Waals surface area (Å²) in [5, 5.41) is 3.07. The molecular weight excluding hydrogens is 475 g/mol. The molecule has 0 spiro atoms. The Kier molecular flexibility index (Phi) is 5.55. The van der Waals surface area contributed by atoms with E-state index in [1.54, 1.807) is 12.1 Å². The van der Waals surface area contributed by atoms with Crippen LogP contribution in [0.25, 0.3) is 0 Å². The molecule has 2 bridgehead atoms. The molecule has 3 aromatic rings. The van der Waals surface area contributed by atoms with E-state index in [9.17, 15) is 22.8 Å². The van der Waals surface area contributed by atoms with Crippen molar-refractivity contribution in [2.75, 3.05) is 4.72 Å². The van der Waals surface area contributed by atoms with Crippen molar-refractivity contribution in [2.24, 2.45) is 5.73 Å². The molecule has 3 fully saturated rings. The number of nitrogens with two attached hydrogens (primary N) is 1. The molecule has 0 atom stereocenters. The van der Waals surface area contributed by atoms with Crippen LogP contribution in [0.1, 0.15) is 51.1 Å². The monoisotopic (exact) mass is 497 g/mol. The van der Waals surface area contributed by atoms with Gasteiger partial charge in [-0.25, -0.2) is 0 Å². The summed E-state index contributed by atoms with van der Waals surface area (Å²) in [6, 6.07) is 19.5. The van der Waals surface area contributed by atoms with Gasteiger partial charge >= 0.3 is 6.18 Å². The lowest BCUT2D eigenvalue weighted by Gasteiger charge is -2.71. The lowest BCUT2D eigenvalue weighted by molar-refractivity contribution is -0.137. The van der Waals surface area contributed by atoms with Crippen molar-refractivity contribution in [2.45, 2.75) is 41.3 Å². The summed E-state index contributed by atoms with van der Waals surface area (Å²) < 4.78 is 42.9. The first kappa shape index (κ1) is 23.3. The summed E-state index contributed by atoms with van der Waals surface area (Å²) in [5.74, 6) is -0.985. The minimum atomic E-state index is -4.55. The van der Waals surface area contributed by atoms with Crippen LogP contribution >= 0.6 is 11.9 Å². The molecule has 4 N–H and O–H groups in total. The van der Waals surface area contributed by atoms with Gasteiger partial charge in [0.1, 0.15) is 0 Å². The van der Waals surface area contributed by atoms with Gasteiger partial charge in [0.05, 0.1) is 16.8 Å². The molecule has 3 aromatic carbocycles. The first-order valence-corrected chi connectivity index (χ1v) is 11.8. The Morgan fingerprint density at radius 3 is 2.17 bits per heavy atom. The smallest absolute Gasteiger partial charge is 0.366 e. The Morgan fingerprint density at radius 2 is 1.57 bits per heavy atom. The molecule has 0 heterocycles. The van der Waals surface area contributed by atoms with Gasteiger partial charge in [-0.3, -0.25) is 9.59 Å². The lowest BCUT2D eigenvalue weighted by Crippen LogP contribution is -2.76. The van der Waals surface area contributed by atoms with Crippen LogP contribution in [0.15, 0.2) is 77.7 Å². The van der Waals surface area contributed by atoms with Gasteiger partial charge in [0.25, 0.3) is 5.91 Å². The minimum absolute atomic E-state index is 0.0608. The molecule has 0 radical (unpaired) electrons.